The summed E-state index contributed by atoms with van der Waals surface area (Å²) in [6.45, 7) is 0. The van der Waals surface area contributed by atoms with Gasteiger partial charge in [-0.05, 0) is 53.1 Å². The molecule has 5 heteroatoms. The highest BCUT2D eigenvalue weighted by atomic mass is 127. The van der Waals surface area contributed by atoms with Crippen LogP contribution >= 0.6 is 22.6 Å². The van der Waals surface area contributed by atoms with Gasteiger partial charge in [0.1, 0.15) is 0 Å². The molecule has 0 aliphatic heterocycles. The molecule has 0 heterocycles. The summed E-state index contributed by atoms with van der Waals surface area (Å²) in [4.78, 5) is 0. The highest BCUT2D eigenvalue weighted by Gasteiger charge is 2.46. The van der Waals surface area contributed by atoms with Crippen LogP contribution in [-0.2, 0) is 15.6 Å². The van der Waals surface area contributed by atoms with Crippen LogP contribution in [0.2, 0.25) is 0 Å². The molecule has 0 radical (unpaired) electrons. The van der Waals surface area contributed by atoms with Crippen LogP contribution in [0.5, 0.6) is 0 Å². The molecule has 1 aromatic carbocycles. The van der Waals surface area contributed by atoms with Crippen LogP contribution < -0.4 is 4.72 Å². The van der Waals surface area contributed by atoms with Crippen molar-refractivity contribution in [1.29, 1.82) is 0 Å². The Kier molecular flexibility index (Phi) is 2.81. The summed E-state index contributed by atoms with van der Waals surface area (Å²) in [5.74, 6) is 0. The summed E-state index contributed by atoms with van der Waals surface area (Å²) in [5.41, 5.74) is 0.742. The van der Waals surface area contributed by atoms with Crippen LogP contribution in [0.15, 0.2) is 24.3 Å². The lowest BCUT2D eigenvalue weighted by molar-refractivity contribution is 0.557. The van der Waals surface area contributed by atoms with Crippen molar-refractivity contribution in [3.63, 3.8) is 0 Å². The normalized spacial score (nSPS) is 18.8. The minimum Gasteiger partial charge on any atom is -0.213 e. The number of rotatable bonds is 3. The Labute approximate surface area is 103 Å². The largest absolute Gasteiger partial charge is 0.213 e. The first kappa shape index (κ1) is 11.3. The summed E-state index contributed by atoms with van der Waals surface area (Å²) in [5, 5.41) is 0. The first-order chi connectivity index (χ1) is 6.91. The summed E-state index contributed by atoms with van der Waals surface area (Å²) in [7, 11) is -3.13. The molecule has 1 aromatic rings. The van der Waals surface area contributed by atoms with Gasteiger partial charge in [-0.3, -0.25) is 0 Å². The van der Waals surface area contributed by atoms with Gasteiger partial charge in [0.15, 0.2) is 0 Å². The molecule has 82 valence electrons. The minimum atomic E-state index is -3.13. The van der Waals surface area contributed by atoms with E-state index in [1.807, 2.05) is 24.3 Å². The second-order valence-electron chi connectivity index (χ2n) is 3.96. The van der Waals surface area contributed by atoms with Gasteiger partial charge in [0.25, 0.3) is 0 Å². The molecule has 1 aliphatic carbocycles. The monoisotopic (exact) mass is 337 g/mol. The first-order valence-electron chi connectivity index (χ1n) is 4.66. The molecule has 0 spiro atoms. The maximum Gasteiger partial charge on any atom is 0.209 e. The van der Waals surface area contributed by atoms with E-state index in [0.29, 0.717) is 0 Å². The van der Waals surface area contributed by atoms with Crippen LogP contribution in [0.4, 0.5) is 0 Å². The number of benzene rings is 1. The van der Waals surface area contributed by atoms with E-state index < -0.39 is 10.0 Å². The van der Waals surface area contributed by atoms with Gasteiger partial charge in [0.05, 0.1) is 11.8 Å². The zero-order valence-electron chi connectivity index (χ0n) is 8.33. The van der Waals surface area contributed by atoms with Crippen molar-refractivity contribution in [2.24, 2.45) is 0 Å². The fourth-order valence-corrected chi connectivity index (χ4v) is 3.09. The third-order valence-electron chi connectivity index (χ3n) is 2.53. The van der Waals surface area contributed by atoms with E-state index in [9.17, 15) is 8.42 Å². The lowest BCUT2D eigenvalue weighted by Crippen LogP contribution is -2.33. The average Bonchev–Trinajstić information content (AvgIpc) is 2.83. The molecule has 1 fully saturated rings. The van der Waals surface area contributed by atoms with E-state index in [4.69, 9.17) is 0 Å². The van der Waals surface area contributed by atoms with Gasteiger partial charge < -0.3 is 0 Å². The van der Waals surface area contributed by atoms with Crippen LogP contribution in [0, 0.1) is 3.57 Å². The van der Waals surface area contributed by atoms with Crippen molar-refractivity contribution < 1.29 is 8.42 Å². The molecule has 2 rings (SSSR count). The van der Waals surface area contributed by atoms with Crippen molar-refractivity contribution in [2.45, 2.75) is 18.4 Å². The molecule has 0 atom stereocenters. The predicted molar refractivity (Wildman–Crippen MR) is 68.1 cm³/mol. The highest BCUT2D eigenvalue weighted by molar-refractivity contribution is 14.1. The predicted octanol–water partition coefficient (Wildman–Crippen LogP) is 1.83. The Morgan fingerprint density at radius 1 is 1.27 bits per heavy atom. The third-order valence-corrected chi connectivity index (χ3v) is 4.01. The maximum absolute atomic E-state index is 11.2. The quantitative estimate of drug-likeness (QED) is 0.856. The molecule has 1 saturated carbocycles. The topological polar surface area (TPSA) is 46.2 Å². The summed E-state index contributed by atoms with van der Waals surface area (Å²) in [6.07, 6.45) is 2.99. The van der Waals surface area contributed by atoms with Crippen LogP contribution in [-0.4, -0.2) is 14.7 Å². The van der Waals surface area contributed by atoms with Gasteiger partial charge in [-0.1, -0.05) is 12.1 Å². The van der Waals surface area contributed by atoms with E-state index in [0.717, 1.165) is 22.0 Å². The van der Waals surface area contributed by atoms with Gasteiger partial charge >= 0.3 is 0 Å². The second-order valence-corrected chi connectivity index (χ2v) is 6.96. The first-order valence-corrected chi connectivity index (χ1v) is 7.63. The number of sulfonamides is 1. The molecule has 0 unspecified atom stereocenters. The zero-order chi connectivity index (χ0) is 11.1. The van der Waals surface area contributed by atoms with Crippen LogP contribution in [0.25, 0.3) is 0 Å². The Morgan fingerprint density at radius 3 is 2.20 bits per heavy atom. The minimum absolute atomic E-state index is 0.322. The van der Waals surface area contributed by atoms with Crippen molar-refractivity contribution in [1.82, 2.24) is 4.72 Å². The van der Waals surface area contributed by atoms with E-state index in [2.05, 4.69) is 27.3 Å². The lowest BCUT2D eigenvalue weighted by Gasteiger charge is -2.16. The van der Waals surface area contributed by atoms with E-state index >= 15 is 0 Å². The van der Waals surface area contributed by atoms with Gasteiger partial charge in [-0.25, -0.2) is 13.1 Å². The van der Waals surface area contributed by atoms with Crippen molar-refractivity contribution in [3.8, 4) is 0 Å². The fourth-order valence-electron chi connectivity index (χ4n) is 1.70. The number of nitrogens with one attached hydrogen (secondary N) is 1. The van der Waals surface area contributed by atoms with E-state index in [1.165, 1.54) is 6.26 Å². The van der Waals surface area contributed by atoms with E-state index in [1.54, 1.807) is 0 Å². The van der Waals surface area contributed by atoms with Crippen LogP contribution in [0.1, 0.15) is 18.4 Å². The molecular formula is C10H12INO2S. The zero-order valence-corrected chi connectivity index (χ0v) is 11.3. The van der Waals surface area contributed by atoms with Gasteiger partial charge in [0.2, 0.25) is 10.0 Å². The van der Waals surface area contributed by atoms with E-state index in [-0.39, 0.29) is 5.54 Å². The molecule has 0 bridgehead atoms. The van der Waals surface area contributed by atoms with Gasteiger partial charge in [0, 0.05) is 3.57 Å². The highest BCUT2D eigenvalue weighted by Crippen LogP contribution is 2.45. The van der Waals surface area contributed by atoms with Gasteiger partial charge in [-0.2, -0.15) is 0 Å². The maximum atomic E-state index is 11.2. The number of hydrogen-bond donors (Lipinski definition) is 1. The number of hydrogen-bond acceptors (Lipinski definition) is 2. The lowest BCUT2D eigenvalue weighted by atomic mass is 10.1. The fraction of sp³-hybridized carbons (Fsp3) is 0.400. The van der Waals surface area contributed by atoms with Gasteiger partial charge in [-0.15, -0.1) is 0 Å². The third kappa shape index (κ3) is 2.70. The Morgan fingerprint density at radius 2 is 1.80 bits per heavy atom. The molecule has 1 N–H and O–H groups in total. The average molecular weight is 337 g/mol. The SMILES string of the molecule is CS(=O)(=O)NC1(c2ccc(I)cc2)CC1. The molecule has 0 aromatic heterocycles. The Hall–Kier alpha value is -0.140. The van der Waals surface area contributed by atoms with Crippen LogP contribution in [0.3, 0.4) is 0 Å². The molecule has 0 amide bonds. The Balaban J connectivity index is 2.27. The summed E-state index contributed by atoms with van der Waals surface area (Å²) < 4.78 is 26.3. The van der Waals surface area contributed by atoms with Crippen molar-refractivity contribution in [2.75, 3.05) is 6.26 Å². The second kappa shape index (κ2) is 3.71. The molecule has 15 heavy (non-hydrogen) atoms. The summed E-state index contributed by atoms with van der Waals surface area (Å²) >= 11 is 2.23. The molecule has 1 aliphatic rings. The molecular weight excluding hydrogens is 325 g/mol. The molecule has 3 nitrogen and oxygen atoms in total. The smallest absolute Gasteiger partial charge is 0.209 e. The number of halogens is 1. The van der Waals surface area contributed by atoms with Crippen molar-refractivity contribution in [3.05, 3.63) is 33.4 Å². The summed E-state index contributed by atoms with van der Waals surface area (Å²) in [6, 6.07) is 7.99. The Bertz CT molecular complexity index is 463. The van der Waals surface area contributed by atoms with Crippen molar-refractivity contribution >= 4 is 32.6 Å². The standard InChI is InChI=1S/C10H12INO2S/c1-15(13,14)12-10(6-7-10)8-2-4-9(11)5-3-8/h2-5,12H,6-7H2,1H3. The molecule has 0 saturated heterocycles.